The minimum absolute atomic E-state index is 0.564. The summed E-state index contributed by atoms with van der Waals surface area (Å²) >= 11 is 12.3. The Morgan fingerprint density at radius 3 is 2.82 bits per heavy atom. The predicted molar refractivity (Wildman–Crippen MR) is 90.4 cm³/mol. The highest BCUT2D eigenvalue weighted by Gasteiger charge is 2.43. The smallest absolute Gasteiger partial charge is 0.0717 e. The van der Waals surface area contributed by atoms with Gasteiger partial charge in [0.1, 0.15) is 0 Å². The van der Waals surface area contributed by atoms with E-state index in [0.29, 0.717) is 22.0 Å². The Kier molecular flexibility index (Phi) is 3.82. The number of rotatable bonds is 3. The number of nitrogens with one attached hydrogen (secondary N) is 1. The van der Waals surface area contributed by atoms with Crippen molar-refractivity contribution in [1.82, 2.24) is 15.2 Å². The average Bonchev–Trinajstić information content (AvgIpc) is 3.15. The molecule has 2 heterocycles. The number of halogens is 2. The summed E-state index contributed by atoms with van der Waals surface area (Å²) in [4.78, 5) is 7.12. The van der Waals surface area contributed by atoms with Gasteiger partial charge in [-0.1, -0.05) is 41.4 Å². The van der Waals surface area contributed by atoms with Crippen molar-refractivity contribution in [2.45, 2.75) is 18.4 Å². The van der Waals surface area contributed by atoms with E-state index in [0.717, 1.165) is 31.0 Å². The number of hydrogen-bond acceptors (Lipinski definition) is 3. The second kappa shape index (κ2) is 5.82. The molecule has 3 nitrogen and oxygen atoms in total. The average molecular weight is 334 g/mol. The maximum atomic E-state index is 6.27. The van der Waals surface area contributed by atoms with Crippen LogP contribution < -0.4 is 5.32 Å². The molecule has 1 saturated heterocycles. The molecule has 0 radical (unpaired) electrons. The molecule has 2 aromatic rings. The van der Waals surface area contributed by atoms with Crippen molar-refractivity contribution >= 4 is 23.2 Å². The van der Waals surface area contributed by atoms with Crippen molar-refractivity contribution in [1.29, 1.82) is 0 Å². The molecule has 1 aliphatic heterocycles. The highest BCUT2D eigenvalue weighted by atomic mass is 35.5. The van der Waals surface area contributed by atoms with Crippen molar-refractivity contribution in [3.8, 4) is 11.3 Å². The first-order valence-electron chi connectivity index (χ1n) is 7.59. The minimum atomic E-state index is 0.564. The highest BCUT2D eigenvalue weighted by molar-refractivity contribution is 6.43. The van der Waals surface area contributed by atoms with Crippen LogP contribution >= 0.6 is 23.2 Å². The van der Waals surface area contributed by atoms with Crippen LogP contribution in [0.25, 0.3) is 11.3 Å². The third kappa shape index (κ3) is 2.63. The molecule has 1 aromatic heterocycles. The second-order valence-electron chi connectivity index (χ2n) is 5.96. The molecule has 1 aliphatic carbocycles. The first kappa shape index (κ1) is 14.5. The summed E-state index contributed by atoms with van der Waals surface area (Å²) in [5, 5.41) is 4.52. The van der Waals surface area contributed by atoms with Gasteiger partial charge in [-0.2, -0.15) is 0 Å². The predicted octanol–water partition coefficient (Wildman–Crippen LogP) is 3.77. The molecule has 114 valence electrons. The molecule has 0 amide bonds. The van der Waals surface area contributed by atoms with Gasteiger partial charge < -0.3 is 5.32 Å². The van der Waals surface area contributed by atoms with E-state index >= 15 is 0 Å². The number of aromatic nitrogens is 1. The van der Waals surface area contributed by atoms with E-state index in [2.05, 4.69) is 21.3 Å². The Morgan fingerprint density at radius 2 is 2.09 bits per heavy atom. The molecule has 0 spiro atoms. The lowest BCUT2D eigenvalue weighted by Gasteiger charge is -2.13. The van der Waals surface area contributed by atoms with Crippen molar-refractivity contribution in [3.05, 3.63) is 52.1 Å². The summed E-state index contributed by atoms with van der Waals surface area (Å²) in [5.74, 6) is 0.622. The fourth-order valence-corrected chi connectivity index (χ4v) is 3.63. The lowest BCUT2D eigenvalue weighted by atomic mass is 10.1. The van der Waals surface area contributed by atoms with Gasteiger partial charge in [-0.25, -0.2) is 0 Å². The zero-order chi connectivity index (χ0) is 15.1. The van der Waals surface area contributed by atoms with Gasteiger partial charge in [0.15, 0.2) is 0 Å². The largest absolute Gasteiger partial charge is 0.303 e. The van der Waals surface area contributed by atoms with E-state index in [9.17, 15) is 0 Å². The lowest BCUT2D eigenvalue weighted by Crippen LogP contribution is -2.25. The van der Waals surface area contributed by atoms with Crippen molar-refractivity contribution in [2.75, 3.05) is 19.8 Å². The number of pyridine rings is 1. The molecule has 4 rings (SSSR count). The van der Waals surface area contributed by atoms with E-state index in [1.807, 2.05) is 24.4 Å². The quantitative estimate of drug-likeness (QED) is 0.926. The Morgan fingerprint density at radius 1 is 1.18 bits per heavy atom. The van der Waals surface area contributed by atoms with Gasteiger partial charge in [-0.3, -0.25) is 9.88 Å². The van der Waals surface area contributed by atoms with Crippen LogP contribution in [-0.2, 0) is 0 Å². The standard InChI is InChI=1S/C17H17Cl2N3/c18-14-3-1-2-12(17(14)19)15-5-4-11(9-21-15)13-8-16(13)22-7-6-20-10-22/h1-5,9,13,16,20H,6-8,10H2/t13-,16+/m1/s1. The molecular weight excluding hydrogens is 317 g/mol. The van der Waals surface area contributed by atoms with Crippen LogP contribution in [0.1, 0.15) is 17.9 Å². The van der Waals surface area contributed by atoms with Gasteiger partial charge >= 0.3 is 0 Å². The zero-order valence-corrected chi connectivity index (χ0v) is 13.6. The molecule has 2 atom stereocenters. The van der Waals surface area contributed by atoms with Gasteiger partial charge in [0.05, 0.1) is 15.7 Å². The molecule has 1 saturated carbocycles. The molecule has 0 unspecified atom stereocenters. The highest BCUT2D eigenvalue weighted by Crippen LogP contribution is 2.45. The van der Waals surface area contributed by atoms with Crippen molar-refractivity contribution < 1.29 is 0 Å². The first-order chi connectivity index (χ1) is 10.7. The molecule has 1 aromatic carbocycles. The monoisotopic (exact) mass is 333 g/mol. The summed E-state index contributed by atoms with van der Waals surface area (Å²) in [5.41, 5.74) is 3.08. The Bertz CT molecular complexity index is 681. The Labute approximate surface area is 140 Å². The van der Waals surface area contributed by atoms with Crippen LogP contribution in [-0.4, -0.2) is 35.7 Å². The molecule has 0 bridgehead atoms. The topological polar surface area (TPSA) is 28.2 Å². The number of nitrogens with zero attached hydrogens (tertiary/aromatic N) is 2. The molecule has 2 fully saturated rings. The SMILES string of the molecule is Clc1cccc(-c2ccc([C@H]3C[C@@H]3N3CCNC3)cn2)c1Cl. The second-order valence-corrected chi connectivity index (χ2v) is 6.74. The maximum Gasteiger partial charge on any atom is 0.0717 e. The van der Waals surface area contributed by atoms with E-state index in [1.54, 1.807) is 6.07 Å². The number of hydrogen-bond donors (Lipinski definition) is 1. The molecule has 22 heavy (non-hydrogen) atoms. The minimum Gasteiger partial charge on any atom is -0.303 e. The maximum absolute atomic E-state index is 6.27. The Hall–Kier alpha value is -1.13. The van der Waals surface area contributed by atoms with E-state index in [4.69, 9.17) is 23.2 Å². The van der Waals surface area contributed by atoms with Gasteiger partial charge in [-0.05, 0) is 24.1 Å². The van der Waals surface area contributed by atoms with Crippen LogP contribution in [0.4, 0.5) is 0 Å². The first-order valence-corrected chi connectivity index (χ1v) is 8.35. The summed E-state index contributed by atoms with van der Waals surface area (Å²) in [6.07, 6.45) is 3.22. The zero-order valence-electron chi connectivity index (χ0n) is 12.1. The summed E-state index contributed by atoms with van der Waals surface area (Å²) in [7, 11) is 0. The van der Waals surface area contributed by atoms with Gasteiger partial charge in [-0.15, -0.1) is 0 Å². The van der Waals surface area contributed by atoms with Crippen LogP contribution in [0, 0.1) is 0 Å². The van der Waals surface area contributed by atoms with Crippen LogP contribution in [0.15, 0.2) is 36.5 Å². The van der Waals surface area contributed by atoms with E-state index in [1.165, 1.54) is 12.0 Å². The van der Waals surface area contributed by atoms with Crippen molar-refractivity contribution in [2.24, 2.45) is 0 Å². The third-order valence-electron chi connectivity index (χ3n) is 4.56. The normalized spacial score (nSPS) is 24.6. The molecule has 5 heteroatoms. The molecular formula is C17H17Cl2N3. The summed E-state index contributed by atoms with van der Waals surface area (Å²) in [6.45, 7) is 3.28. The van der Waals surface area contributed by atoms with E-state index < -0.39 is 0 Å². The van der Waals surface area contributed by atoms with Crippen LogP contribution in [0.2, 0.25) is 10.0 Å². The fraction of sp³-hybridized carbons (Fsp3) is 0.353. The van der Waals surface area contributed by atoms with Gasteiger partial charge in [0, 0.05) is 43.5 Å². The number of benzene rings is 1. The third-order valence-corrected chi connectivity index (χ3v) is 5.38. The fourth-order valence-electron chi connectivity index (χ4n) is 3.24. The summed E-state index contributed by atoms with van der Waals surface area (Å²) in [6, 6.07) is 10.5. The van der Waals surface area contributed by atoms with Crippen LogP contribution in [0.5, 0.6) is 0 Å². The lowest BCUT2D eigenvalue weighted by molar-refractivity contribution is 0.319. The van der Waals surface area contributed by atoms with E-state index in [-0.39, 0.29) is 0 Å². The Balaban J connectivity index is 1.53. The summed E-state index contributed by atoms with van der Waals surface area (Å²) < 4.78 is 0. The van der Waals surface area contributed by atoms with Crippen LogP contribution in [0.3, 0.4) is 0 Å². The van der Waals surface area contributed by atoms with Crippen molar-refractivity contribution in [3.63, 3.8) is 0 Å². The molecule has 1 N–H and O–H groups in total. The van der Waals surface area contributed by atoms with Gasteiger partial charge in [0.25, 0.3) is 0 Å². The van der Waals surface area contributed by atoms with Gasteiger partial charge in [0.2, 0.25) is 0 Å². The molecule has 2 aliphatic rings.